The third-order valence-electron chi connectivity index (χ3n) is 7.98. The van der Waals surface area contributed by atoms with Gasteiger partial charge in [-0.15, -0.1) is 0 Å². The molecule has 12 nitrogen and oxygen atoms in total. The molecule has 2 amide bonds. The molecule has 5 rings (SSSR count). The Hall–Kier alpha value is -5.60. The average molecular weight is 690 g/mol. The molecule has 0 bridgehead atoms. The first kappa shape index (κ1) is 34.7. The largest absolute Gasteiger partial charge is 0.497 e. The second-order valence-corrected chi connectivity index (χ2v) is 12.9. The number of halogens is 1. The average Bonchev–Trinajstić information content (AvgIpc) is 3.57. The summed E-state index contributed by atoms with van der Waals surface area (Å²) in [5, 5.41) is 0. The number of rotatable bonds is 11. The first-order valence-electron chi connectivity index (χ1n) is 15.0. The van der Waals surface area contributed by atoms with Gasteiger partial charge in [0.2, 0.25) is 10.0 Å². The number of carbonyl (C=O) groups is 4. The maximum absolute atomic E-state index is 15.4. The second kappa shape index (κ2) is 14.7. The van der Waals surface area contributed by atoms with Crippen molar-refractivity contribution >= 4 is 39.6 Å². The number of nitrogens with two attached hydrogens (primary N) is 1. The monoisotopic (exact) mass is 689 g/mol. The summed E-state index contributed by atoms with van der Waals surface area (Å²) in [6, 6.07) is 24.0. The van der Waals surface area contributed by atoms with Crippen LogP contribution in [0.1, 0.15) is 34.3 Å². The van der Waals surface area contributed by atoms with Gasteiger partial charge in [-0.05, 0) is 54.8 Å². The van der Waals surface area contributed by atoms with Gasteiger partial charge in [0.25, 0.3) is 0 Å². The standard InChI is InChI=1S/C35H32FN3O9S/c1-46-27-14-8-15-28(21-27)49(44,45)39-19-9-18-35(39,29-16-5-6-17-30(29)36)33(42)48-31(40)22-38(34(37)43)26-13-7-12-25(20-26)32(41)47-23-24-10-3-2-4-11-24/h2-8,10-17,20-21H,9,18-19,22-23H2,1H3,(H2,37,43). The van der Waals surface area contributed by atoms with Crippen molar-refractivity contribution < 1.29 is 46.2 Å². The number of carbonyl (C=O) groups excluding carboxylic acids is 4. The van der Waals surface area contributed by atoms with E-state index in [-0.39, 0.29) is 53.5 Å². The van der Waals surface area contributed by atoms with Crippen LogP contribution in [-0.2, 0) is 41.2 Å². The number of methoxy groups -OCH3 is 1. The summed E-state index contributed by atoms with van der Waals surface area (Å²) in [5.74, 6) is -4.03. The van der Waals surface area contributed by atoms with Gasteiger partial charge in [-0.3, -0.25) is 4.90 Å². The van der Waals surface area contributed by atoms with Gasteiger partial charge in [-0.2, -0.15) is 4.31 Å². The predicted molar refractivity (Wildman–Crippen MR) is 174 cm³/mol. The van der Waals surface area contributed by atoms with Crippen LogP contribution in [-0.4, -0.2) is 56.9 Å². The van der Waals surface area contributed by atoms with E-state index in [0.717, 1.165) is 20.8 Å². The lowest BCUT2D eigenvalue weighted by atomic mass is 9.88. The molecule has 1 fully saturated rings. The molecule has 0 saturated carbocycles. The summed E-state index contributed by atoms with van der Waals surface area (Å²) in [4.78, 5) is 53.1. The highest BCUT2D eigenvalue weighted by atomic mass is 32.2. The summed E-state index contributed by atoms with van der Waals surface area (Å²) in [7, 11) is -3.13. The van der Waals surface area contributed by atoms with Crippen molar-refractivity contribution in [1.29, 1.82) is 0 Å². The van der Waals surface area contributed by atoms with E-state index in [1.807, 2.05) is 6.07 Å². The normalized spacial score (nSPS) is 16.0. The second-order valence-electron chi connectivity index (χ2n) is 11.0. The Labute approximate surface area is 281 Å². The molecule has 1 atom stereocenters. The van der Waals surface area contributed by atoms with Crippen molar-refractivity contribution in [3.63, 3.8) is 0 Å². The Morgan fingerprint density at radius 3 is 2.35 bits per heavy atom. The summed E-state index contributed by atoms with van der Waals surface area (Å²) in [6.07, 6.45) is -0.0860. The number of sulfonamides is 1. The molecule has 1 unspecified atom stereocenters. The number of esters is 3. The summed E-state index contributed by atoms with van der Waals surface area (Å²) >= 11 is 0. The predicted octanol–water partition coefficient (Wildman–Crippen LogP) is 4.53. The molecule has 0 aromatic heterocycles. The summed E-state index contributed by atoms with van der Waals surface area (Å²) < 4.78 is 60.0. The van der Waals surface area contributed by atoms with Crippen LogP contribution in [0.4, 0.5) is 14.9 Å². The van der Waals surface area contributed by atoms with Crippen LogP contribution in [0.3, 0.4) is 0 Å². The number of primary amides is 1. The van der Waals surface area contributed by atoms with Crippen molar-refractivity contribution in [3.8, 4) is 5.75 Å². The van der Waals surface area contributed by atoms with Crippen molar-refractivity contribution in [2.45, 2.75) is 29.9 Å². The summed E-state index contributed by atoms with van der Waals surface area (Å²) in [5.41, 5.74) is 3.79. The van der Waals surface area contributed by atoms with Crippen LogP contribution in [0.15, 0.2) is 108 Å². The third kappa shape index (κ3) is 7.29. The van der Waals surface area contributed by atoms with Gasteiger partial charge >= 0.3 is 23.9 Å². The molecule has 4 aromatic rings. The van der Waals surface area contributed by atoms with E-state index in [1.165, 1.54) is 73.8 Å². The van der Waals surface area contributed by atoms with Crippen molar-refractivity contribution in [1.82, 2.24) is 4.31 Å². The van der Waals surface area contributed by atoms with Crippen molar-refractivity contribution in [2.24, 2.45) is 5.73 Å². The molecule has 2 N–H and O–H groups in total. The molecular formula is C35H32FN3O9S. The van der Waals surface area contributed by atoms with Crippen LogP contribution in [0.5, 0.6) is 5.75 Å². The van der Waals surface area contributed by atoms with Gasteiger partial charge in [0.15, 0.2) is 5.54 Å². The molecule has 0 aliphatic carbocycles. The van der Waals surface area contributed by atoms with E-state index in [9.17, 15) is 27.6 Å². The van der Waals surface area contributed by atoms with Crippen LogP contribution in [0.2, 0.25) is 0 Å². The maximum Gasteiger partial charge on any atom is 0.340 e. The zero-order valence-corrected chi connectivity index (χ0v) is 27.1. The Kier molecular flexibility index (Phi) is 10.4. The van der Waals surface area contributed by atoms with Crippen LogP contribution >= 0.6 is 0 Å². The third-order valence-corrected chi connectivity index (χ3v) is 9.90. The number of amides is 2. The summed E-state index contributed by atoms with van der Waals surface area (Å²) in [6.45, 7) is -1.11. The van der Waals surface area contributed by atoms with Crippen molar-refractivity contribution in [3.05, 3.63) is 126 Å². The molecule has 1 saturated heterocycles. The molecule has 1 aliphatic heterocycles. The fourth-order valence-electron chi connectivity index (χ4n) is 5.64. The number of hydrogen-bond acceptors (Lipinski definition) is 9. The van der Waals surface area contributed by atoms with Gasteiger partial charge in [0.1, 0.15) is 24.7 Å². The molecule has 0 spiro atoms. The van der Waals surface area contributed by atoms with Crippen molar-refractivity contribution in [2.75, 3.05) is 25.1 Å². The van der Waals surface area contributed by atoms with E-state index in [2.05, 4.69) is 0 Å². The van der Waals surface area contributed by atoms with Gasteiger partial charge in [0.05, 0.1) is 17.6 Å². The number of nitrogens with zero attached hydrogens (tertiary/aromatic N) is 2. The van der Waals surface area contributed by atoms with Gasteiger partial charge in [-0.1, -0.05) is 60.7 Å². The van der Waals surface area contributed by atoms with Gasteiger partial charge in [0, 0.05) is 23.9 Å². The number of benzene rings is 4. The SMILES string of the molecule is COc1cccc(S(=O)(=O)N2CCCC2(C(=O)OC(=O)CN(C(N)=O)c2cccc(C(=O)OCc3ccccc3)c2)c2ccccc2F)c1. The topological polar surface area (TPSA) is 163 Å². The molecule has 0 radical (unpaired) electrons. The number of anilines is 1. The molecule has 14 heteroatoms. The van der Waals surface area contributed by atoms with Gasteiger partial charge in [-0.25, -0.2) is 32.0 Å². The highest BCUT2D eigenvalue weighted by Gasteiger charge is 2.57. The Morgan fingerprint density at radius 1 is 0.918 bits per heavy atom. The Balaban J connectivity index is 1.41. The van der Waals surface area contributed by atoms with E-state index in [0.29, 0.717) is 0 Å². The minimum atomic E-state index is -4.49. The molecule has 1 aliphatic rings. The highest BCUT2D eigenvalue weighted by molar-refractivity contribution is 7.89. The Bertz CT molecular complexity index is 1990. The number of ether oxygens (including phenoxy) is 3. The van der Waals surface area contributed by atoms with Gasteiger partial charge < -0.3 is 19.9 Å². The lowest BCUT2D eigenvalue weighted by Crippen LogP contribution is -2.53. The van der Waals surface area contributed by atoms with E-state index in [4.69, 9.17) is 19.9 Å². The molecule has 4 aromatic carbocycles. The van der Waals surface area contributed by atoms with Crippen LogP contribution in [0.25, 0.3) is 0 Å². The lowest BCUT2D eigenvalue weighted by molar-refractivity contribution is -0.166. The van der Waals surface area contributed by atoms with Crippen LogP contribution in [0, 0.1) is 5.82 Å². The molecule has 49 heavy (non-hydrogen) atoms. The van der Waals surface area contributed by atoms with E-state index >= 15 is 4.39 Å². The smallest absolute Gasteiger partial charge is 0.340 e. The quantitative estimate of drug-likeness (QED) is 0.176. The zero-order valence-electron chi connectivity index (χ0n) is 26.3. The molecule has 1 heterocycles. The zero-order chi connectivity index (χ0) is 35.2. The fraction of sp³-hybridized carbons (Fsp3) is 0.200. The maximum atomic E-state index is 15.4. The Morgan fingerprint density at radius 2 is 1.63 bits per heavy atom. The first-order valence-corrected chi connectivity index (χ1v) is 16.5. The fourth-order valence-corrected chi connectivity index (χ4v) is 7.45. The minimum absolute atomic E-state index is 0.00775. The molecular weight excluding hydrogens is 657 g/mol. The van der Waals surface area contributed by atoms with E-state index in [1.54, 1.807) is 24.3 Å². The lowest BCUT2D eigenvalue weighted by Gasteiger charge is -2.35. The molecule has 254 valence electrons. The highest BCUT2D eigenvalue weighted by Crippen LogP contribution is 2.45. The van der Waals surface area contributed by atoms with E-state index < -0.39 is 51.9 Å². The number of urea groups is 1. The minimum Gasteiger partial charge on any atom is -0.497 e. The van der Waals surface area contributed by atoms with Crippen LogP contribution < -0.4 is 15.4 Å². The first-order chi connectivity index (χ1) is 23.5. The number of hydrogen-bond donors (Lipinski definition) is 1.